The molecule has 1 aliphatic rings. The van der Waals surface area contributed by atoms with Gasteiger partial charge in [-0.1, -0.05) is 12.1 Å². The fourth-order valence-electron chi connectivity index (χ4n) is 4.84. The normalized spacial score (nSPS) is 13.1. The van der Waals surface area contributed by atoms with Crippen molar-refractivity contribution in [2.24, 2.45) is 0 Å². The van der Waals surface area contributed by atoms with E-state index in [0.29, 0.717) is 11.3 Å². The maximum absolute atomic E-state index is 12.4. The molecule has 1 aromatic carbocycles. The van der Waals surface area contributed by atoms with E-state index >= 15 is 0 Å². The minimum atomic E-state index is -1.33. The molecule has 0 bridgehead atoms. The van der Waals surface area contributed by atoms with Crippen LogP contribution in [-0.4, -0.2) is 183 Å². The number of rotatable bonds is 23. The van der Waals surface area contributed by atoms with Gasteiger partial charge in [-0.15, -0.1) is 0 Å². The van der Waals surface area contributed by atoms with Crippen LogP contribution in [0, 0.1) is 0 Å². The van der Waals surface area contributed by atoms with Crippen LogP contribution in [0.25, 0.3) is 0 Å². The van der Waals surface area contributed by atoms with Crippen LogP contribution in [0.1, 0.15) is 18.4 Å². The standard InChI is InChI=1S/C29H37N5O13.In/c35-22(2-1-9-34-23(36)7-8-24(34)37)30-20-5-3-19(4-6-20)12-21(33(17-28(44)45)18-29(46)47)13-31(14-25(38)39)10-11-32(15-26(40)41)16-27(42)43;/h3-8,21H,1-2,9-18H2,(H,30,35)(H,38,39)(H,40,41)(H,42,43)(H,44,45)(H,46,47);/q;+3/t21-;/m1./s1/i;1-4. The van der Waals surface area contributed by atoms with E-state index in [1.165, 1.54) is 4.90 Å². The molecule has 0 radical (unpaired) electrons. The summed E-state index contributed by atoms with van der Waals surface area (Å²) >= 11 is 0. The van der Waals surface area contributed by atoms with Gasteiger partial charge in [-0.25, -0.2) is 0 Å². The van der Waals surface area contributed by atoms with Crippen molar-refractivity contribution in [2.45, 2.75) is 25.3 Å². The molecule has 1 aromatic rings. The molecular formula is C29H37InN5O13+3. The largest absolute Gasteiger partial charge is 3.00 e. The Morgan fingerprint density at radius 1 is 0.688 bits per heavy atom. The van der Waals surface area contributed by atoms with Gasteiger partial charge < -0.3 is 30.8 Å². The van der Waals surface area contributed by atoms with E-state index in [0.717, 1.165) is 26.9 Å². The van der Waals surface area contributed by atoms with Crippen molar-refractivity contribution in [3.63, 3.8) is 0 Å². The van der Waals surface area contributed by atoms with Crippen LogP contribution in [-0.2, 0) is 44.8 Å². The number of imide groups is 1. The van der Waals surface area contributed by atoms with E-state index in [-0.39, 0.29) is 77.2 Å². The van der Waals surface area contributed by atoms with E-state index in [1.807, 2.05) is 0 Å². The summed E-state index contributed by atoms with van der Waals surface area (Å²) < 4.78 is 0. The molecule has 0 aliphatic carbocycles. The molecule has 0 unspecified atom stereocenters. The van der Waals surface area contributed by atoms with Gasteiger partial charge >= 0.3 is 55.7 Å². The van der Waals surface area contributed by atoms with Crippen molar-refractivity contribution in [1.82, 2.24) is 19.6 Å². The molecule has 1 heterocycles. The van der Waals surface area contributed by atoms with E-state index in [1.54, 1.807) is 24.3 Å². The second kappa shape index (κ2) is 20.8. The summed E-state index contributed by atoms with van der Waals surface area (Å²) in [4.78, 5) is 97.5. The zero-order valence-electron chi connectivity index (χ0n) is 25.9. The fraction of sp³-hybridized carbons (Fsp3) is 0.448. The Labute approximate surface area is 293 Å². The summed E-state index contributed by atoms with van der Waals surface area (Å²) in [6, 6.07) is 5.47. The number of carbonyl (C=O) groups excluding carboxylic acids is 3. The van der Waals surface area contributed by atoms with Gasteiger partial charge in [-0.3, -0.25) is 58.0 Å². The first kappa shape index (κ1) is 41.7. The quantitative estimate of drug-likeness (QED) is 0.0670. The number of carboxylic acids is 5. The number of aliphatic carboxylic acids is 5. The number of carbonyl (C=O) groups is 8. The van der Waals surface area contributed by atoms with Gasteiger partial charge in [0.15, 0.2) is 0 Å². The molecule has 0 spiro atoms. The summed E-state index contributed by atoms with van der Waals surface area (Å²) in [6.07, 6.45) is 2.62. The summed E-state index contributed by atoms with van der Waals surface area (Å²) in [7, 11) is 0. The monoisotopic (exact) mass is 774 g/mol. The maximum atomic E-state index is 12.4. The van der Waals surface area contributed by atoms with Crippen LogP contribution in [0.15, 0.2) is 36.4 Å². The average Bonchev–Trinajstić information content (AvgIpc) is 3.27. The van der Waals surface area contributed by atoms with Crippen LogP contribution < -0.4 is 5.32 Å². The summed E-state index contributed by atoms with van der Waals surface area (Å²) in [5.74, 6) is -7.79. The first-order valence-electron chi connectivity index (χ1n) is 14.3. The Bertz CT molecular complexity index is 1320. The van der Waals surface area contributed by atoms with Crippen LogP contribution in [0.3, 0.4) is 0 Å². The van der Waals surface area contributed by atoms with E-state index in [4.69, 9.17) is 10.2 Å². The Kier molecular flexibility index (Phi) is 18.1. The Morgan fingerprint density at radius 2 is 1.15 bits per heavy atom. The number of amides is 3. The van der Waals surface area contributed by atoms with Crippen molar-refractivity contribution in [2.75, 3.05) is 64.2 Å². The van der Waals surface area contributed by atoms with Gasteiger partial charge in [0.2, 0.25) is 5.91 Å². The smallest absolute Gasteiger partial charge is 0.480 e. The second-order valence-electron chi connectivity index (χ2n) is 10.7. The molecule has 1 aliphatic heterocycles. The van der Waals surface area contributed by atoms with Crippen LogP contribution >= 0.6 is 0 Å². The molecule has 0 aromatic heterocycles. The average molecular weight is 775 g/mol. The van der Waals surface area contributed by atoms with Gasteiger partial charge in [0.25, 0.3) is 11.8 Å². The third kappa shape index (κ3) is 16.0. The van der Waals surface area contributed by atoms with Crippen molar-refractivity contribution < 1.29 is 63.9 Å². The van der Waals surface area contributed by atoms with Gasteiger partial charge in [-0.2, -0.15) is 0 Å². The zero-order valence-corrected chi connectivity index (χ0v) is 29.2. The molecule has 0 saturated carbocycles. The minimum absolute atomic E-state index is 0. The third-order valence-electron chi connectivity index (χ3n) is 6.87. The Morgan fingerprint density at radius 3 is 1.62 bits per heavy atom. The molecule has 48 heavy (non-hydrogen) atoms. The summed E-state index contributed by atoms with van der Waals surface area (Å²) in [5, 5.41) is 49.3. The topological polar surface area (TPSA) is 263 Å². The summed E-state index contributed by atoms with van der Waals surface area (Å²) in [6.45, 7) is -3.60. The van der Waals surface area contributed by atoms with Crippen molar-refractivity contribution >= 4 is 79.1 Å². The molecule has 0 saturated heterocycles. The van der Waals surface area contributed by atoms with E-state index < -0.39 is 80.4 Å². The van der Waals surface area contributed by atoms with Gasteiger partial charge in [-0.05, 0) is 30.5 Å². The minimum Gasteiger partial charge on any atom is -0.480 e. The number of hydrogen-bond acceptors (Lipinski definition) is 11. The maximum Gasteiger partial charge on any atom is 3.00 e. The molecular weight excluding hydrogens is 737 g/mol. The number of carboxylic acid groups (broad SMARTS) is 5. The van der Waals surface area contributed by atoms with E-state index in [2.05, 4.69) is 5.32 Å². The molecule has 0 fully saturated rings. The molecule has 2 rings (SSSR count). The molecule has 1 atom stereocenters. The van der Waals surface area contributed by atoms with Crippen LogP contribution in [0.5, 0.6) is 0 Å². The van der Waals surface area contributed by atoms with Gasteiger partial charge in [0.1, 0.15) is 0 Å². The molecule has 6 N–H and O–H groups in total. The molecule has 3 amide bonds. The van der Waals surface area contributed by atoms with Crippen molar-refractivity contribution in [1.29, 1.82) is 0 Å². The predicted octanol–water partition coefficient (Wildman–Crippen LogP) is -1.81. The Balaban J connectivity index is 0.0000115. The molecule has 256 valence electrons. The molecule has 19 heteroatoms. The van der Waals surface area contributed by atoms with Gasteiger partial charge in [0, 0.05) is 56.5 Å². The number of nitrogens with one attached hydrogen (secondary N) is 1. The van der Waals surface area contributed by atoms with Crippen LogP contribution in [0.2, 0.25) is 0 Å². The van der Waals surface area contributed by atoms with Crippen molar-refractivity contribution in [3.05, 3.63) is 42.0 Å². The number of benzene rings is 1. The van der Waals surface area contributed by atoms with Crippen molar-refractivity contribution in [3.8, 4) is 0 Å². The van der Waals surface area contributed by atoms with Crippen LogP contribution in [0.4, 0.5) is 5.69 Å². The first-order valence-corrected chi connectivity index (χ1v) is 14.3. The van der Waals surface area contributed by atoms with E-state index in [9.17, 15) is 53.7 Å². The number of nitrogens with zero attached hydrogens (tertiary/aromatic N) is 4. The molecule has 18 nitrogen and oxygen atoms in total. The zero-order chi connectivity index (χ0) is 35.1. The Hall–Kier alpha value is -4.33. The number of hydrogen-bond donors (Lipinski definition) is 6. The van der Waals surface area contributed by atoms with Gasteiger partial charge in [0.05, 0.1) is 32.7 Å². The number of anilines is 1. The first-order chi connectivity index (χ1) is 22.1. The predicted molar refractivity (Wildman–Crippen MR) is 166 cm³/mol. The second-order valence-corrected chi connectivity index (χ2v) is 10.7. The fourth-order valence-corrected chi connectivity index (χ4v) is 4.84. The third-order valence-corrected chi connectivity index (χ3v) is 6.87. The summed E-state index contributed by atoms with van der Waals surface area (Å²) in [5.41, 5.74) is 0.990. The SMILES string of the molecule is O=C(O)CN(CCN(CC(=O)O)C[C@@H](Cc1ccc(NC(=O)CCCN2C(=O)C=CC2=O)cc1)N(CC(=O)O)CC(=O)O)CC(=O)O.[111In+3].